The van der Waals surface area contributed by atoms with E-state index in [-0.39, 0.29) is 0 Å². The van der Waals surface area contributed by atoms with Crippen molar-refractivity contribution < 1.29 is 9.47 Å². The topological polar surface area (TPSA) is 47.7 Å². The second-order valence-electron chi connectivity index (χ2n) is 3.24. The monoisotopic (exact) mass is 194 g/mol. The number of nitrogens with zero attached hydrogens (tertiary/aromatic N) is 1. The third-order valence-electron chi connectivity index (χ3n) is 2.54. The molecule has 1 aliphatic rings. The van der Waals surface area contributed by atoms with Crippen LogP contribution in [0.1, 0.15) is 5.56 Å². The zero-order chi connectivity index (χ0) is 10.1. The molecule has 14 heavy (non-hydrogen) atoms. The van der Waals surface area contributed by atoms with Gasteiger partial charge >= 0.3 is 0 Å². The Morgan fingerprint density at radius 2 is 2.07 bits per heavy atom. The molecular formula is C10H14N2O2. The lowest BCUT2D eigenvalue weighted by Gasteiger charge is -2.14. The van der Waals surface area contributed by atoms with Gasteiger partial charge in [0, 0.05) is 12.1 Å². The van der Waals surface area contributed by atoms with Crippen molar-refractivity contribution in [2.24, 2.45) is 5.84 Å². The standard InChI is InChI=1S/C10H14N2O2/c1-13-9-4-3-8-7(10(9)14-2)5-6-12(8)11/h3-4H,5-6,11H2,1-2H3. The van der Waals surface area contributed by atoms with E-state index in [2.05, 4.69) is 0 Å². The van der Waals surface area contributed by atoms with Gasteiger partial charge in [0.05, 0.1) is 19.9 Å². The van der Waals surface area contributed by atoms with Gasteiger partial charge in [0.25, 0.3) is 0 Å². The van der Waals surface area contributed by atoms with Crippen LogP contribution in [0.25, 0.3) is 0 Å². The summed E-state index contributed by atoms with van der Waals surface area (Å²) in [6.45, 7) is 0.832. The third-order valence-corrected chi connectivity index (χ3v) is 2.54. The van der Waals surface area contributed by atoms with E-state index < -0.39 is 0 Å². The molecule has 0 unspecified atom stereocenters. The van der Waals surface area contributed by atoms with Crippen LogP contribution in [-0.4, -0.2) is 20.8 Å². The van der Waals surface area contributed by atoms with Gasteiger partial charge in [-0.25, -0.2) is 5.84 Å². The van der Waals surface area contributed by atoms with Gasteiger partial charge in [-0.3, -0.25) is 0 Å². The maximum atomic E-state index is 5.80. The van der Waals surface area contributed by atoms with Crippen molar-refractivity contribution in [3.8, 4) is 11.5 Å². The number of fused-ring (bicyclic) bond motifs is 1. The predicted octanol–water partition coefficient (Wildman–Crippen LogP) is 0.940. The lowest BCUT2D eigenvalue weighted by atomic mass is 10.1. The first-order chi connectivity index (χ1) is 6.77. The zero-order valence-corrected chi connectivity index (χ0v) is 8.41. The van der Waals surface area contributed by atoms with Crippen LogP contribution in [0.4, 0.5) is 5.69 Å². The van der Waals surface area contributed by atoms with Gasteiger partial charge in [0.1, 0.15) is 0 Å². The van der Waals surface area contributed by atoms with E-state index >= 15 is 0 Å². The number of benzene rings is 1. The van der Waals surface area contributed by atoms with Gasteiger partial charge in [-0.05, 0) is 18.6 Å². The molecule has 0 aliphatic carbocycles. The van der Waals surface area contributed by atoms with Crippen LogP contribution in [0.15, 0.2) is 12.1 Å². The number of ether oxygens (including phenoxy) is 2. The van der Waals surface area contributed by atoms with Crippen LogP contribution in [-0.2, 0) is 6.42 Å². The number of methoxy groups -OCH3 is 2. The maximum absolute atomic E-state index is 5.80. The molecule has 1 aromatic carbocycles. The molecule has 0 amide bonds. The number of hydrogen-bond acceptors (Lipinski definition) is 4. The molecule has 1 aliphatic heterocycles. The zero-order valence-electron chi connectivity index (χ0n) is 8.41. The fourth-order valence-corrected chi connectivity index (χ4v) is 1.84. The second kappa shape index (κ2) is 3.38. The minimum absolute atomic E-state index is 0.765. The largest absolute Gasteiger partial charge is 0.493 e. The first kappa shape index (κ1) is 9.15. The van der Waals surface area contributed by atoms with Crippen molar-refractivity contribution >= 4 is 5.69 Å². The molecule has 1 heterocycles. The van der Waals surface area contributed by atoms with Crippen LogP contribution >= 0.6 is 0 Å². The van der Waals surface area contributed by atoms with Crippen molar-refractivity contribution in [2.45, 2.75) is 6.42 Å². The average molecular weight is 194 g/mol. The Hall–Kier alpha value is -1.42. The van der Waals surface area contributed by atoms with Crippen LogP contribution < -0.4 is 20.3 Å². The highest BCUT2D eigenvalue weighted by molar-refractivity contribution is 5.66. The molecule has 0 fully saturated rings. The van der Waals surface area contributed by atoms with Crippen molar-refractivity contribution in [3.63, 3.8) is 0 Å². The summed E-state index contributed by atoms with van der Waals surface area (Å²) in [5.74, 6) is 7.37. The van der Waals surface area contributed by atoms with Crippen molar-refractivity contribution in [2.75, 3.05) is 25.8 Å². The van der Waals surface area contributed by atoms with Crippen LogP contribution in [0.5, 0.6) is 11.5 Å². The number of nitrogens with two attached hydrogens (primary N) is 1. The van der Waals surface area contributed by atoms with Gasteiger partial charge in [0.2, 0.25) is 0 Å². The Balaban J connectivity index is 2.54. The van der Waals surface area contributed by atoms with Crippen LogP contribution in [0, 0.1) is 0 Å². The Morgan fingerprint density at radius 3 is 2.71 bits per heavy atom. The third kappa shape index (κ3) is 1.19. The van der Waals surface area contributed by atoms with Crippen LogP contribution in [0.3, 0.4) is 0 Å². The fourth-order valence-electron chi connectivity index (χ4n) is 1.84. The summed E-state index contributed by atoms with van der Waals surface area (Å²) in [4.78, 5) is 0. The Labute approximate surface area is 83.2 Å². The lowest BCUT2D eigenvalue weighted by Crippen LogP contribution is -2.27. The van der Waals surface area contributed by atoms with E-state index in [0.717, 1.165) is 35.7 Å². The molecule has 0 atom stereocenters. The minimum atomic E-state index is 0.765. The van der Waals surface area contributed by atoms with E-state index in [1.165, 1.54) is 0 Å². The number of hydrogen-bond donors (Lipinski definition) is 1. The van der Waals surface area contributed by atoms with E-state index in [1.807, 2.05) is 12.1 Å². The Bertz CT molecular complexity index is 352. The highest BCUT2D eigenvalue weighted by atomic mass is 16.5. The van der Waals surface area contributed by atoms with Gasteiger partial charge in [-0.1, -0.05) is 0 Å². The van der Waals surface area contributed by atoms with Crippen molar-refractivity contribution in [1.29, 1.82) is 0 Å². The molecule has 0 bridgehead atoms. The molecule has 2 rings (SSSR count). The molecule has 0 saturated heterocycles. The molecule has 4 nitrogen and oxygen atoms in total. The van der Waals surface area contributed by atoms with E-state index in [4.69, 9.17) is 15.3 Å². The normalized spacial score (nSPS) is 14.1. The van der Waals surface area contributed by atoms with Gasteiger partial charge in [0.15, 0.2) is 11.5 Å². The Morgan fingerprint density at radius 1 is 1.29 bits per heavy atom. The van der Waals surface area contributed by atoms with E-state index in [0.29, 0.717) is 0 Å². The summed E-state index contributed by atoms with van der Waals surface area (Å²) in [7, 11) is 3.29. The summed E-state index contributed by atoms with van der Waals surface area (Å²) < 4.78 is 10.5. The molecule has 1 aromatic rings. The quantitative estimate of drug-likeness (QED) is 0.712. The summed E-state index contributed by atoms with van der Waals surface area (Å²) >= 11 is 0. The lowest BCUT2D eigenvalue weighted by molar-refractivity contribution is 0.352. The number of rotatable bonds is 2. The molecule has 0 aromatic heterocycles. The molecule has 2 N–H and O–H groups in total. The molecular weight excluding hydrogens is 180 g/mol. The van der Waals surface area contributed by atoms with Crippen LogP contribution in [0.2, 0.25) is 0 Å². The highest BCUT2D eigenvalue weighted by Crippen LogP contribution is 2.40. The summed E-state index contributed by atoms with van der Waals surface area (Å²) in [5, 5.41) is 1.73. The summed E-state index contributed by atoms with van der Waals surface area (Å²) in [5.41, 5.74) is 2.16. The van der Waals surface area contributed by atoms with Gasteiger partial charge < -0.3 is 14.5 Å². The average Bonchev–Trinajstić information content (AvgIpc) is 2.59. The minimum Gasteiger partial charge on any atom is -0.493 e. The molecule has 76 valence electrons. The molecule has 4 heteroatoms. The first-order valence-electron chi connectivity index (χ1n) is 4.54. The second-order valence-corrected chi connectivity index (χ2v) is 3.24. The highest BCUT2D eigenvalue weighted by Gasteiger charge is 2.22. The fraction of sp³-hybridized carbons (Fsp3) is 0.400. The Kier molecular flexibility index (Phi) is 2.21. The van der Waals surface area contributed by atoms with Gasteiger partial charge in [-0.2, -0.15) is 0 Å². The summed E-state index contributed by atoms with van der Waals surface area (Å²) in [6.07, 6.45) is 0.909. The molecule has 0 radical (unpaired) electrons. The summed E-state index contributed by atoms with van der Waals surface area (Å²) in [6, 6.07) is 3.84. The van der Waals surface area contributed by atoms with Crippen molar-refractivity contribution in [1.82, 2.24) is 0 Å². The van der Waals surface area contributed by atoms with Crippen molar-refractivity contribution in [3.05, 3.63) is 17.7 Å². The smallest absolute Gasteiger partial charge is 0.166 e. The van der Waals surface area contributed by atoms with Gasteiger partial charge in [-0.15, -0.1) is 0 Å². The molecule has 0 spiro atoms. The van der Waals surface area contributed by atoms with E-state index in [1.54, 1.807) is 19.2 Å². The maximum Gasteiger partial charge on any atom is 0.166 e. The first-order valence-corrected chi connectivity index (χ1v) is 4.54. The van der Waals surface area contributed by atoms with E-state index in [9.17, 15) is 0 Å². The predicted molar refractivity (Wildman–Crippen MR) is 54.8 cm³/mol. The number of anilines is 1. The number of hydrazine groups is 1. The SMILES string of the molecule is COc1ccc2c(c1OC)CCN2N. The molecule has 0 saturated carbocycles.